The normalized spacial score (nSPS) is 21.2. The third-order valence-corrected chi connectivity index (χ3v) is 9.26. The van der Waals surface area contributed by atoms with Crippen molar-refractivity contribution in [2.75, 3.05) is 24.5 Å². The van der Waals surface area contributed by atoms with Crippen molar-refractivity contribution in [3.05, 3.63) is 58.7 Å². The van der Waals surface area contributed by atoms with Crippen molar-refractivity contribution in [3.8, 4) is 0 Å². The Morgan fingerprint density at radius 3 is 2.64 bits per heavy atom. The Kier molecular flexibility index (Phi) is 6.29. The van der Waals surface area contributed by atoms with Gasteiger partial charge in [-0.3, -0.25) is 9.36 Å². The number of fused-ring (bicyclic) bond motifs is 1. The maximum atomic E-state index is 13.2. The molecule has 3 fully saturated rings. The van der Waals surface area contributed by atoms with Crippen LogP contribution in [-0.2, 0) is 11.3 Å². The molecule has 1 unspecified atom stereocenters. The Morgan fingerprint density at radius 2 is 1.94 bits per heavy atom. The lowest BCUT2D eigenvalue weighted by atomic mass is 9.77. The van der Waals surface area contributed by atoms with Crippen molar-refractivity contribution in [3.63, 3.8) is 0 Å². The highest BCUT2D eigenvalue weighted by atomic mass is 35.5. The van der Waals surface area contributed by atoms with Crippen molar-refractivity contribution >= 4 is 40.1 Å². The maximum absolute atomic E-state index is 13.2. The summed E-state index contributed by atoms with van der Waals surface area (Å²) in [7, 11) is 0. The minimum Gasteiger partial charge on any atom is -0.473 e. The number of hydrogen-bond acceptors (Lipinski definition) is 8. The number of halogens is 1. The summed E-state index contributed by atoms with van der Waals surface area (Å²) < 4.78 is 7.13. The second-order valence-electron chi connectivity index (χ2n) is 10.0. The zero-order chi connectivity index (χ0) is 24.7. The molecule has 0 bridgehead atoms. The summed E-state index contributed by atoms with van der Waals surface area (Å²) in [5, 5.41) is 4.54. The lowest BCUT2D eigenvalue weighted by molar-refractivity contribution is 0.150. The van der Waals surface area contributed by atoms with E-state index in [1.54, 1.807) is 6.20 Å². The van der Waals surface area contributed by atoms with Gasteiger partial charge >= 0.3 is 0 Å². The second-order valence-corrected chi connectivity index (χ2v) is 11.5. The van der Waals surface area contributed by atoms with Gasteiger partial charge in [-0.1, -0.05) is 36.2 Å². The molecule has 3 aromatic rings. The molecule has 1 aliphatic carbocycles. The Labute approximate surface area is 219 Å². The molecule has 1 spiro atoms. The summed E-state index contributed by atoms with van der Waals surface area (Å²) in [6.07, 6.45) is 13.0. The molecule has 36 heavy (non-hydrogen) atoms. The van der Waals surface area contributed by atoms with Crippen LogP contribution in [0.5, 0.6) is 0 Å². The summed E-state index contributed by atoms with van der Waals surface area (Å²) in [4.78, 5) is 30.1. The highest BCUT2D eigenvalue weighted by molar-refractivity contribution is 7.99. The largest absolute Gasteiger partial charge is 0.473 e. The predicted molar refractivity (Wildman–Crippen MR) is 142 cm³/mol. The lowest BCUT2D eigenvalue weighted by Crippen LogP contribution is -2.39. The molecule has 4 heterocycles. The second kappa shape index (κ2) is 9.59. The SMILES string of the molecule is C=C1NCC(Cn2cnc3ccc(Sc4cnc(N5CCC6(CCCC6)CC5)cn4)c(Cl)c3c2=O)O1. The molecule has 188 valence electrons. The van der Waals surface area contributed by atoms with Gasteiger partial charge in [0, 0.05) is 18.0 Å². The first-order valence-corrected chi connectivity index (χ1v) is 13.7. The number of nitrogens with one attached hydrogen (secondary N) is 1. The first-order chi connectivity index (χ1) is 17.5. The van der Waals surface area contributed by atoms with Gasteiger partial charge in [-0.2, -0.15) is 0 Å². The molecule has 1 saturated carbocycles. The third-order valence-electron chi connectivity index (χ3n) is 7.77. The van der Waals surface area contributed by atoms with Crippen LogP contribution in [0.3, 0.4) is 0 Å². The zero-order valence-electron chi connectivity index (χ0n) is 20.1. The molecule has 1 aromatic carbocycles. The average molecular weight is 525 g/mol. The van der Waals surface area contributed by atoms with E-state index in [4.69, 9.17) is 21.3 Å². The summed E-state index contributed by atoms with van der Waals surface area (Å²) in [5.41, 5.74) is 0.947. The zero-order valence-corrected chi connectivity index (χ0v) is 21.7. The van der Waals surface area contributed by atoms with Gasteiger partial charge in [0.1, 0.15) is 16.9 Å². The van der Waals surface area contributed by atoms with E-state index in [-0.39, 0.29) is 11.7 Å². The van der Waals surface area contributed by atoms with E-state index >= 15 is 0 Å². The quantitative estimate of drug-likeness (QED) is 0.518. The summed E-state index contributed by atoms with van der Waals surface area (Å²) in [5.74, 6) is 1.44. The van der Waals surface area contributed by atoms with E-state index in [0.29, 0.717) is 40.3 Å². The number of ether oxygens (including phenoxy) is 1. The molecule has 8 nitrogen and oxygen atoms in total. The first kappa shape index (κ1) is 23.6. The van der Waals surface area contributed by atoms with Crippen molar-refractivity contribution in [2.24, 2.45) is 5.41 Å². The Bertz CT molecular complexity index is 1350. The Morgan fingerprint density at radius 1 is 1.14 bits per heavy atom. The smallest absolute Gasteiger partial charge is 0.262 e. The molecule has 6 rings (SSSR count). The molecule has 0 radical (unpaired) electrons. The molecule has 2 saturated heterocycles. The van der Waals surface area contributed by atoms with E-state index in [9.17, 15) is 4.79 Å². The van der Waals surface area contributed by atoms with Crippen LogP contribution in [0.1, 0.15) is 38.5 Å². The molecule has 10 heteroatoms. The van der Waals surface area contributed by atoms with Gasteiger partial charge in [0.05, 0.1) is 47.7 Å². The van der Waals surface area contributed by atoms with Gasteiger partial charge in [-0.15, -0.1) is 0 Å². The van der Waals surface area contributed by atoms with Crippen LogP contribution in [0.2, 0.25) is 5.02 Å². The Balaban J connectivity index is 1.18. The van der Waals surface area contributed by atoms with E-state index in [1.165, 1.54) is 61.2 Å². The Hall–Kier alpha value is -2.78. The van der Waals surface area contributed by atoms with Gasteiger partial charge < -0.3 is 15.0 Å². The first-order valence-electron chi connectivity index (χ1n) is 12.5. The maximum Gasteiger partial charge on any atom is 0.262 e. The van der Waals surface area contributed by atoms with Crippen molar-refractivity contribution in [1.29, 1.82) is 0 Å². The van der Waals surface area contributed by atoms with Crippen LogP contribution in [-0.4, -0.2) is 45.3 Å². The van der Waals surface area contributed by atoms with E-state index in [0.717, 1.165) is 28.8 Å². The third kappa shape index (κ3) is 4.54. The minimum atomic E-state index is -0.194. The number of anilines is 1. The molecule has 3 aliphatic rings. The molecule has 1 atom stereocenters. The minimum absolute atomic E-state index is 0.178. The molecule has 2 aliphatic heterocycles. The molecular weight excluding hydrogens is 496 g/mol. The average Bonchev–Trinajstić information content (AvgIpc) is 3.52. The summed E-state index contributed by atoms with van der Waals surface area (Å²) in [6, 6.07) is 3.69. The van der Waals surface area contributed by atoms with Crippen LogP contribution in [0, 0.1) is 5.41 Å². The van der Waals surface area contributed by atoms with E-state index < -0.39 is 0 Å². The van der Waals surface area contributed by atoms with Gasteiger partial charge in [-0.05, 0) is 49.8 Å². The number of aromatic nitrogens is 4. The van der Waals surface area contributed by atoms with Crippen LogP contribution < -0.4 is 15.8 Å². The number of benzene rings is 1. The van der Waals surface area contributed by atoms with Crippen molar-refractivity contribution in [2.45, 2.75) is 61.1 Å². The number of hydrogen-bond donors (Lipinski definition) is 1. The topological polar surface area (TPSA) is 85.2 Å². The molecule has 2 aromatic heterocycles. The van der Waals surface area contributed by atoms with Crippen molar-refractivity contribution < 1.29 is 4.74 Å². The number of nitrogens with zero attached hydrogens (tertiary/aromatic N) is 5. The van der Waals surface area contributed by atoms with E-state index in [2.05, 4.69) is 26.8 Å². The fraction of sp³-hybridized carbons (Fsp3) is 0.462. The van der Waals surface area contributed by atoms with Gasteiger partial charge in [-0.25, -0.2) is 15.0 Å². The van der Waals surface area contributed by atoms with Crippen LogP contribution in [0.4, 0.5) is 5.82 Å². The van der Waals surface area contributed by atoms with E-state index in [1.807, 2.05) is 18.3 Å². The molecule has 0 amide bonds. The van der Waals surface area contributed by atoms with Gasteiger partial charge in [0.25, 0.3) is 5.56 Å². The van der Waals surface area contributed by atoms with Crippen LogP contribution in [0.25, 0.3) is 10.9 Å². The summed E-state index contributed by atoms with van der Waals surface area (Å²) >= 11 is 8.13. The fourth-order valence-corrected chi connectivity index (χ4v) is 6.82. The summed E-state index contributed by atoms with van der Waals surface area (Å²) in [6.45, 7) is 6.82. The fourth-order valence-electron chi connectivity index (χ4n) is 5.70. The molecular formula is C26H29ClN6O2S. The van der Waals surface area contributed by atoms with Gasteiger partial charge in [0.2, 0.25) is 0 Å². The monoisotopic (exact) mass is 524 g/mol. The number of rotatable bonds is 5. The highest BCUT2D eigenvalue weighted by Crippen LogP contribution is 2.46. The highest BCUT2D eigenvalue weighted by Gasteiger charge is 2.37. The van der Waals surface area contributed by atoms with Crippen LogP contribution in [0.15, 0.2) is 58.0 Å². The number of piperidine rings is 1. The van der Waals surface area contributed by atoms with Crippen LogP contribution >= 0.6 is 23.4 Å². The van der Waals surface area contributed by atoms with Crippen molar-refractivity contribution in [1.82, 2.24) is 24.8 Å². The standard InChI is InChI=1S/C26H29ClN6O2S/c1-17-28-12-18(35-17)15-33-16-31-19-4-5-20(24(27)23(19)25(33)34)36-22-14-29-21(13-30-22)32-10-8-26(9-11-32)6-2-3-7-26/h4-5,13-14,16,18,28H,1-3,6-12,15H2. The predicted octanol–water partition coefficient (Wildman–Crippen LogP) is 4.61. The lowest BCUT2D eigenvalue weighted by Gasteiger charge is -2.39. The molecule has 1 N–H and O–H groups in total. The van der Waals surface area contributed by atoms with Gasteiger partial charge in [0.15, 0.2) is 5.88 Å².